The van der Waals surface area contributed by atoms with Crippen LogP contribution in [0, 0.1) is 0 Å². The molecule has 2 heterocycles. The lowest BCUT2D eigenvalue weighted by Gasteiger charge is -2.33. The highest BCUT2D eigenvalue weighted by atomic mass is 32.2. The first kappa shape index (κ1) is 17.7. The number of thioether (sulfide) groups is 1. The van der Waals surface area contributed by atoms with Crippen LogP contribution < -0.4 is 10.2 Å². The van der Waals surface area contributed by atoms with E-state index in [1.54, 1.807) is 16.2 Å². The molecule has 1 aliphatic rings. The second kappa shape index (κ2) is 9.42. The number of hydrogen-bond donors (Lipinski definition) is 2. The standard InChI is InChI=1S/C18H23N3S3/c22-18(19-7-13-24-17-4-2-1-3-5-17)21-10-8-20(9-11-21)14-16-6-12-23-15-16/h1-6,12,15H,7-11,13-14H2,(H,19,22)/p+1. The van der Waals surface area contributed by atoms with Crippen molar-refractivity contribution in [3.05, 3.63) is 52.7 Å². The quantitative estimate of drug-likeness (QED) is 0.456. The van der Waals surface area contributed by atoms with Crippen molar-refractivity contribution in [1.82, 2.24) is 10.2 Å². The van der Waals surface area contributed by atoms with Gasteiger partial charge in [0.2, 0.25) is 0 Å². The molecule has 0 unspecified atom stereocenters. The van der Waals surface area contributed by atoms with Crippen molar-refractivity contribution < 1.29 is 4.90 Å². The molecular weight excluding hydrogens is 354 g/mol. The van der Waals surface area contributed by atoms with Gasteiger partial charge in [0.05, 0.1) is 26.2 Å². The lowest BCUT2D eigenvalue weighted by atomic mass is 10.2. The fraction of sp³-hybridized carbons (Fsp3) is 0.389. The molecule has 2 aromatic rings. The molecule has 1 aromatic heterocycles. The Morgan fingerprint density at radius 2 is 2.00 bits per heavy atom. The molecule has 3 nitrogen and oxygen atoms in total. The molecule has 0 spiro atoms. The number of hydrogen-bond acceptors (Lipinski definition) is 3. The molecule has 0 aliphatic carbocycles. The van der Waals surface area contributed by atoms with Gasteiger partial charge in [-0.3, -0.25) is 0 Å². The monoisotopic (exact) mass is 378 g/mol. The first-order chi connectivity index (χ1) is 11.8. The number of thiocarbonyl (C=S) groups is 1. The average molecular weight is 379 g/mol. The van der Waals surface area contributed by atoms with Gasteiger partial charge in [-0.2, -0.15) is 11.3 Å². The maximum absolute atomic E-state index is 5.56. The van der Waals surface area contributed by atoms with E-state index in [0.717, 1.165) is 50.1 Å². The Morgan fingerprint density at radius 3 is 2.71 bits per heavy atom. The molecule has 128 valence electrons. The molecule has 0 saturated carbocycles. The summed E-state index contributed by atoms with van der Waals surface area (Å²) >= 11 is 9.21. The van der Waals surface area contributed by atoms with Crippen molar-refractivity contribution in [2.45, 2.75) is 11.4 Å². The Kier molecular flexibility index (Phi) is 6.96. The summed E-state index contributed by atoms with van der Waals surface area (Å²) in [6.07, 6.45) is 0. The van der Waals surface area contributed by atoms with Crippen molar-refractivity contribution >= 4 is 40.4 Å². The van der Waals surface area contributed by atoms with Gasteiger partial charge in [0.25, 0.3) is 0 Å². The maximum Gasteiger partial charge on any atom is 0.169 e. The molecule has 1 saturated heterocycles. The maximum atomic E-state index is 5.56. The molecule has 0 radical (unpaired) electrons. The van der Waals surface area contributed by atoms with Crippen LogP contribution >= 0.6 is 35.3 Å². The summed E-state index contributed by atoms with van der Waals surface area (Å²) in [6, 6.07) is 12.8. The van der Waals surface area contributed by atoms with Crippen molar-refractivity contribution in [1.29, 1.82) is 0 Å². The van der Waals surface area contributed by atoms with Crippen LogP contribution in [0.25, 0.3) is 0 Å². The van der Waals surface area contributed by atoms with E-state index in [1.165, 1.54) is 10.5 Å². The molecule has 0 amide bonds. The van der Waals surface area contributed by atoms with Gasteiger partial charge in [-0.05, 0) is 41.2 Å². The van der Waals surface area contributed by atoms with Crippen LogP contribution in [0.3, 0.4) is 0 Å². The van der Waals surface area contributed by atoms with Crippen LogP contribution in [-0.4, -0.2) is 48.5 Å². The summed E-state index contributed by atoms with van der Waals surface area (Å²) in [5, 5.41) is 8.75. The number of thiophene rings is 1. The minimum Gasteiger partial charge on any atom is -0.362 e. The number of rotatable bonds is 6. The summed E-state index contributed by atoms with van der Waals surface area (Å²) in [5.74, 6) is 1.04. The smallest absolute Gasteiger partial charge is 0.169 e. The van der Waals surface area contributed by atoms with Gasteiger partial charge in [0.1, 0.15) is 6.54 Å². The molecule has 1 aromatic carbocycles. The lowest BCUT2D eigenvalue weighted by molar-refractivity contribution is -0.917. The summed E-state index contributed by atoms with van der Waals surface area (Å²) in [7, 11) is 0. The van der Waals surface area contributed by atoms with E-state index in [4.69, 9.17) is 12.2 Å². The van der Waals surface area contributed by atoms with Gasteiger partial charge in [0.15, 0.2) is 5.11 Å². The summed E-state index contributed by atoms with van der Waals surface area (Å²) < 4.78 is 0. The first-order valence-electron chi connectivity index (χ1n) is 8.36. The molecule has 2 N–H and O–H groups in total. The third-order valence-corrected chi connectivity index (χ3v) is 6.33. The van der Waals surface area contributed by atoms with Gasteiger partial charge in [-0.1, -0.05) is 18.2 Å². The number of benzene rings is 1. The third kappa shape index (κ3) is 5.48. The highest BCUT2D eigenvalue weighted by molar-refractivity contribution is 7.99. The van der Waals surface area contributed by atoms with E-state index >= 15 is 0 Å². The van der Waals surface area contributed by atoms with Crippen molar-refractivity contribution in [3.8, 4) is 0 Å². The second-order valence-electron chi connectivity index (χ2n) is 5.94. The second-order valence-corrected chi connectivity index (χ2v) is 8.27. The molecule has 0 atom stereocenters. The normalized spacial score (nSPS) is 15.4. The number of piperazine rings is 1. The van der Waals surface area contributed by atoms with Crippen LogP contribution in [0.15, 0.2) is 52.1 Å². The zero-order valence-corrected chi connectivity index (χ0v) is 16.2. The van der Waals surface area contributed by atoms with Crippen LogP contribution in [0.1, 0.15) is 5.56 Å². The van der Waals surface area contributed by atoms with Gasteiger partial charge in [-0.15, -0.1) is 11.8 Å². The Labute approximate surface area is 158 Å². The van der Waals surface area contributed by atoms with Gasteiger partial charge >= 0.3 is 0 Å². The predicted octanol–water partition coefficient (Wildman–Crippen LogP) is 2.12. The topological polar surface area (TPSA) is 19.7 Å². The lowest BCUT2D eigenvalue weighted by Crippen LogP contribution is -3.13. The average Bonchev–Trinajstić information content (AvgIpc) is 3.13. The van der Waals surface area contributed by atoms with Crippen LogP contribution in [0.5, 0.6) is 0 Å². The van der Waals surface area contributed by atoms with E-state index in [-0.39, 0.29) is 0 Å². The Bertz CT molecular complexity index is 608. The fourth-order valence-electron chi connectivity index (χ4n) is 2.84. The van der Waals surface area contributed by atoms with Crippen molar-refractivity contribution in [2.75, 3.05) is 38.5 Å². The molecule has 0 bridgehead atoms. The summed E-state index contributed by atoms with van der Waals surface area (Å²) in [6.45, 7) is 6.49. The van der Waals surface area contributed by atoms with E-state index in [1.807, 2.05) is 11.8 Å². The third-order valence-electron chi connectivity index (χ3n) is 4.18. The number of nitrogens with zero attached hydrogens (tertiary/aromatic N) is 1. The zero-order chi connectivity index (χ0) is 16.6. The largest absolute Gasteiger partial charge is 0.362 e. The molecule has 6 heteroatoms. The van der Waals surface area contributed by atoms with E-state index in [9.17, 15) is 0 Å². The van der Waals surface area contributed by atoms with Crippen LogP contribution in [0.2, 0.25) is 0 Å². The Balaban J connectivity index is 1.32. The van der Waals surface area contributed by atoms with Gasteiger partial charge < -0.3 is 15.1 Å². The zero-order valence-electron chi connectivity index (χ0n) is 13.7. The summed E-state index contributed by atoms with van der Waals surface area (Å²) in [5.41, 5.74) is 1.46. The van der Waals surface area contributed by atoms with E-state index in [2.05, 4.69) is 57.4 Å². The molecular formula is C18H24N3S3+. The van der Waals surface area contributed by atoms with Gasteiger partial charge in [0, 0.05) is 22.8 Å². The molecule has 1 aliphatic heterocycles. The van der Waals surface area contributed by atoms with Crippen LogP contribution in [-0.2, 0) is 6.54 Å². The molecule has 1 fully saturated rings. The Hall–Kier alpha value is -1.08. The SMILES string of the molecule is S=C(NCCSc1ccccc1)N1CC[NH+](Cc2ccsc2)CC1. The van der Waals surface area contributed by atoms with Crippen molar-refractivity contribution in [3.63, 3.8) is 0 Å². The molecule has 24 heavy (non-hydrogen) atoms. The minimum absolute atomic E-state index is 0.915. The first-order valence-corrected chi connectivity index (χ1v) is 10.7. The Morgan fingerprint density at radius 1 is 1.21 bits per heavy atom. The predicted molar refractivity (Wildman–Crippen MR) is 108 cm³/mol. The van der Waals surface area contributed by atoms with E-state index < -0.39 is 0 Å². The van der Waals surface area contributed by atoms with Crippen LogP contribution in [0.4, 0.5) is 0 Å². The van der Waals surface area contributed by atoms with Gasteiger partial charge in [-0.25, -0.2) is 0 Å². The summed E-state index contributed by atoms with van der Waals surface area (Å²) in [4.78, 5) is 5.29. The number of quaternary nitrogens is 1. The van der Waals surface area contributed by atoms with Crippen molar-refractivity contribution in [2.24, 2.45) is 0 Å². The van der Waals surface area contributed by atoms with E-state index in [0.29, 0.717) is 0 Å². The fourth-order valence-corrected chi connectivity index (χ4v) is 4.58. The highest BCUT2D eigenvalue weighted by Crippen LogP contribution is 2.15. The minimum atomic E-state index is 0.915. The highest BCUT2D eigenvalue weighted by Gasteiger charge is 2.21. The number of nitrogens with one attached hydrogen (secondary N) is 2. The molecule has 3 rings (SSSR count).